The molecule has 2 aromatic rings. The van der Waals surface area contributed by atoms with E-state index in [0.717, 1.165) is 29.9 Å². The fourth-order valence-electron chi connectivity index (χ4n) is 2.40. The van der Waals surface area contributed by atoms with Crippen LogP contribution in [-0.2, 0) is 13.0 Å². The average Bonchev–Trinajstić information content (AvgIpc) is 2.76. The zero-order valence-electron chi connectivity index (χ0n) is 12.0. The van der Waals surface area contributed by atoms with Gasteiger partial charge in [-0.3, -0.25) is 4.68 Å². The topological polar surface area (TPSA) is 29.9 Å². The second-order valence-electron chi connectivity index (χ2n) is 4.80. The number of aryl methyl sites for hydroxylation is 2. The van der Waals surface area contributed by atoms with Crippen LogP contribution in [0.25, 0.3) is 0 Å². The Labute approximate surface area is 123 Å². The van der Waals surface area contributed by atoms with Gasteiger partial charge in [0.25, 0.3) is 0 Å². The molecule has 1 atom stereocenters. The molecule has 108 valence electrons. The molecule has 3 nitrogen and oxygen atoms in total. The van der Waals surface area contributed by atoms with Crippen molar-refractivity contribution in [2.75, 3.05) is 7.05 Å². The van der Waals surface area contributed by atoms with Gasteiger partial charge in [0, 0.05) is 29.7 Å². The number of nitrogens with zero attached hydrogens (tertiary/aromatic N) is 2. The van der Waals surface area contributed by atoms with E-state index in [9.17, 15) is 4.39 Å². The maximum atomic E-state index is 13.1. The lowest BCUT2D eigenvalue weighted by Gasteiger charge is -2.18. The van der Waals surface area contributed by atoms with Crippen molar-refractivity contribution in [2.45, 2.75) is 32.9 Å². The molecule has 0 amide bonds. The van der Waals surface area contributed by atoms with Crippen LogP contribution in [0.15, 0.2) is 24.3 Å². The van der Waals surface area contributed by atoms with Crippen LogP contribution in [-0.4, -0.2) is 16.8 Å². The maximum absolute atomic E-state index is 13.1. The van der Waals surface area contributed by atoms with E-state index in [4.69, 9.17) is 11.6 Å². The lowest BCUT2D eigenvalue weighted by molar-refractivity contribution is 0.539. The van der Waals surface area contributed by atoms with Crippen molar-refractivity contribution in [3.05, 3.63) is 52.1 Å². The SMILES string of the molecule is CCn1nc(C)cc1CC(NC)c1ccc(F)cc1Cl. The number of nitrogens with one attached hydrogen (secondary N) is 1. The van der Waals surface area contributed by atoms with Crippen LogP contribution in [0.1, 0.15) is 29.9 Å². The maximum Gasteiger partial charge on any atom is 0.124 e. The van der Waals surface area contributed by atoms with Crippen LogP contribution in [0, 0.1) is 12.7 Å². The molecule has 0 fully saturated rings. The Hall–Kier alpha value is -1.39. The van der Waals surface area contributed by atoms with Crippen LogP contribution >= 0.6 is 11.6 Å². The first kappa shape index (κ1) is 15.0. The largest absolute Gasteiger partial charge is 0.313 e. The molecular formula is C15H19ClFN3. The summed E-state index contributed by atoms with van der Waals surface area (Å²) in [5, 5.41) is 8.13. The molecule has 2 rings (SSSR count). The number of hydrogen-bond acceptors (Lipinski definition) is 2. The van der Waals surface area contributed by atoms with E-state index >= 15 is 0 Å². The van der Waals surface area contributed by atoms with Crippen molar-refractivity contribution >= 4 is 11.6 Å². The number of hydrogen-bond donors (Lipinski definition) is 1. The molecule has 0 aliphatic carbocycles. The van der Waals surface area contributed by atoms with Crippen LogP contribution in [0.5, 0.6) is 0 Å². The summed E-state index contributed by atoms with van der Waals surface area (Å²) in [5.74, 6) is -0.317. The van der Waals surface area contributed by atoms with Crippen molar-refractivity contribution in [1.82, 2.24) is 15.1 Å². The van der Waals surface area contributed by atoms with Crippen LogP contribution in [0.2, 0.25) is 5.02 Å². The Balaban J connectivity index is 2.28. The Morgan fingerprint density at radius 3 is 2.75 bits per heavy atom. The Bertz CT molecular complexity index is 595. The molecular weight excluding hydrogens is 277 g/mol. The highest BCUT2D eigenvalue weighted by molar-refractivity contribution is 6.31. The summed E-state index contributed by atoms with van der Waals surface area (Å²) in [6.07, 6.45) is 0.760. The number of halogens is 2. The Morgan fingerprint density at radius 1 is 1.40 bits per heavy atom. The molecule has 0 saturated heterocycles. The van der Waals surface area contributed by atoms with Crippen molar-refractivity contribution in [1.29, 1.82) is 0 Å². The number of likely N-dealkylation sites (N-methyl/N-ethyl adjacent to an activating group) is 1. The van der Waals surface area contributed by atoms with E-state index in [1.165, 1.54) is 12.1 Å². The summed E-state index contributed by atoms with van der Waals surface area (Å²) >= 11 is 6.15. The van der Waals surface area contributed by atoms with Gasteiger partial charge in [0.2, 0.25) is 0 Å². The van der Waals surface area contributed by atoms with Crippen molar-refractivity contribution in [2.24, 2.45) is 0 Å². The van der Waals surface area contributed by atoms with E-state index in [-0.39, 0.29) is 11.9 Å². The predicted octanol–water partition coefficient (Wildman–Crippen LogP) is 3.51. The molecule has 0 radical (unpaired) electrons. The Kier molecular flexibility index (Phi) is 4.78. The van der Waals surface area contributed by atoms with Crippen LogP contribution in [0.4, 0.5) is 4.39 Å². The monoisotopic (exact) mass is 295 g/mol. The number of aromatic nitrogens is 2. The van der Waals surface area contributed by atoms with Gasteiger partial charge in [0.15, 0.2) is 0 Å². The molecule has 0 bridgehead atoms. The fraction of sp³-hybridized carbons (Fsp3) is 0.400. The minimum absolute atomic E-state index is 0.0319. The molecule has 1 unspecified atom stereocenters. The predicted molar refractivity (Wildman–Crippen MR) is 79.6 cm³/mol. The lowest BCUT2D eigenvalue weighted by Crippen LogP contribution is -2.21. The van der Waals surface area contributed by atoms with E-state index < -0.39 is 0 Å². The second kappa shape index (κ2) is 6.37. The lowest BCUT2D eigenvalue weighted by atomic mass is 10.0. The summed E-state index contributed by atoms with van der Waals surface area (Å²) in [6.45, 7) is 4.88. The summed E-state index contributed by atoms with van der Waals surface area (Å²) in [5.41, 5.74) is 3.05. The summed E-state index contributed by atoms with van der Waals surface area (Å²) in [7, 11) is 1.88. The van der Waals surface area contributed by atoms with Gasteiger partial charge in [-0.05, 0) is 44.7 Å². The Morgan fingerprint density at radius 2 is 2.15 bits per heavy atom. The first-order valence-corrected chi connectivity index (χ1v) is 7.08. The van der Waals surface area contributed by atoms with Gasteiger partial charge in [-0.2, -0.15) is 5.10 Å². The zero-order valence-corrected chi connectivity index (χ0v) is 12.7. The van der Waals surface area contributed by atoms with Gasteiger partial charge in [0.05, 0.1) is 5.69 Å². The highest BCUT2D eigenvalue weighted by Crippen LogP contribution is 2.26. The molecule has 0 aliphatic rings. The van der Waals surface area contributed by atoms with Gasteiger partial charge in [-0.1, -0.05) is 17.7 Å². The normalized spacial score (nSPS) is 12.7. The zero-order chi connectivity index (χ0) is 14.7. The van der Waals surface area contributed by atoms with E-state index in [0.29, 0.717) is 5.02 Å². The van der Waals surface area contributed by atoms with Crippen molar-refractivity contribution < 1.29 is 4.39 Å². The van der Waals surface area contributed by atoms with E-state index in [2.05, 4.69) is 23.4 Å². The summed E-state index contributed by atoms with van der Waals surface area (Å²) in [6, 6.07) is 6.63. The van der Waals surface area contributed by atoms with Crippen LogP contribution in [0.3, 0.4) is 0 Å². The minimum atomic E-state index is -0.317. The summed E-state index contributed by atoms with van der Waals surface area (Å²) in [4.78, 5) is 0. The molecule has 1 heterocycles. The van der Waals surface area contributed by atoms with Gasteiger partial charge in [-0.25, -0.2) is 4.39 Å². The molecule has 1 aromatic heterocycles. The first-order chi connectivity index (χ1) is 9.55. The molecule has 0 aliphatic heterocycles. The van der Waals surface area contributed by atoms with Gasteiger partial charge < -0.3 is 5.32 Å². The molecule has 1 N–H and O–H groups in total. The van der Waals surface area contributed by atoms with Gasteiger partial charge in [-0.15, -0.1) is 0 Å². The number of rotatable bonds is 5. The summed E-state index contributed by atoms with van der Waals surface area (Å²) < 4.78 is 15.1. The fourth-order valence-corrected chi connectivity index (χ4v) is 2.70. The third kappa shape index (κ3) is 3.19. The highest BCUT2D eigenvalue weighted by atomic mass is 35.5. The third-order valence-corrected chi connectivity index (χ3v) is 3.71. The van der Waals surface area contributed by atoms with E-state index in [1.807, 2.05) is 18.7 Å². The quantitative estimate of drug-likeness (QED) is 0.915. The average molecular weight is 296 g/mol. The van der Waals surface area contributed by atoms with E-state index in [1.54, 1.807) is 6.07 Å². The molecule has 5 heteroatoms. The van der Waals surface area contributed by atoms with Crippen LogP contribution < -0.4 is 5.32 Å². The molecule has 0 saturated carbocycles. The second-order valence-corrected chi connectivity index (χ2v) is 5.21. The van der Waals surface area contributed by atoms with Crippen molar-refractivity contribution in [3.8, 4) is 0 Å². The van der Waals surface area contributed by atoms with Crippen molar-refractivity contribution in [3.63, 3.8) is 0 Å². The minimum Gasteiger partial charge on any atom is -0.313 e. The number of benzene rings is 1. The highest BCUT2D eigenvalue weighted by Gasteiger charge is 2.16. The first-order valence-electron chi connectivity index (χ1n) is 6.70. The standard InChI is InChI=1S/C15H19ClFN3/c1-4-20-12(7-10(2)19-20)9-15(18-3)13-6-5-11(17)8-14(13)16/h5-8,15,18H,4,9H2,1-3H3. The molecule has 20 heavy (non-hydrogen) atoms. The third-order valence-electron chi connectivity index (χ3n) is 3.38. The molecule has 0 spiro atoms. The molecule has 1 aromatic carbocycles. The van der Waals surface area contributed by atoms with Gasteiger partial charge in [0.1, 0.15) is 5.82 Å². The smallest absolute Gasteiger partial charge is 0.124 e. The van der Waals surface area contributed by atoms with Gasteiger partial charge >= 0.3 is 0 Å².